The Kier molecular flexibility index (Phi) is 5.84. The maximum absolute atomic E-state index is 12.7. The molecule has 0 aromatic heterocycles. The fourth-order valence-electron chi connectivity index (χ4n) is 3.89. The summed E-state index contributed by atoms with van der Waals surface area (Å²) in [5, 5.41) is 3.18. The van der Waals surface area contributed by atoms with Crippen molar-refractivity contribution in [3.63, 3.8) is 0 Å². The average molecular weight is 310 g/mol. The van der Waals surface area contributed by atoms with Crippen molar-refractivity contribution >= 4 is 11.8 Å². The molecule has 2 aliphatic carbocycles. The molecule has 5 heteroatoms. The van der Waals surface area contributed by atoms with Gasteiger partial charge in [-0.05, 0) is 51.9 Å². The number of carbonyl (C=O) groups is 2. The Hall–Kier alpha value is -1.10. The van der Waals surface area contributed by atoms with Gasteiger partial charge in [0.2, 0.25) is 5.91 Å². The highest BCUT2D eigenvalue weighted by Crippen LogP contribution is 2.34. The Morgan fingerprint density at radius 2 is 1.86 bits per heavy atom. The lowest BCUT2D eigenvalue weighted by Gasteiger charge is -2.34. The maximum atomic E-state index is 12.7. The number of ether oxygens (including phenoxy) is 1. The lowest BCUT2D eigenvalue weighted by atomic mass is 9.84. The molecular formula is C17H30N2O3. The van der Waals surface area contributed by atoms with Crippen LogP contribution in [0.15, 0.2) is 0 Å². The van der Waals surface area contributed by atoms with E-state index in [1.807, 2.05) is 6.92 Å². The first kappa shape index (κ1) is 17.3. The number of carbonyl (C=O) groups excluding carboxylic acids is 2. The normalized spacial score (nSPS) is 27.4. The molecule has 2 rings (SSSR count). The third-order valence-corrected chi connectivity index (χ3v) is 5.05. The molecule has 0 aliphatic heterocycles. The molecule has 5 nitrogen and oxygen atoms in total. The third kappa shape index (κ3) is 3.80. The number of hydrogen-bond acceptors (Lipinski definition) is 3. The quantitative estimate of drug-likeness (QED) is 0.846. The van der Waals surface area contributed by atoms with Gasteiger partial charge in [-0.3, -0.25) is 9.59 Å². The fraction of sp³-hybridized carbons (Fsp3) is 0.882. The van der Waals surface area contributed by atoms with Gasteiger partial charge in [-0.2, -0.15) is 0 Å². The summed E-state index contributed by atoms with van der Waals surface area (Å²) in [5.41, 5.74) is -0.618. The Labute approximate surface area is 133 Å². The van der Waals surface area contributed by atoms with E-state index in [-0.39, 0.29) is 23.8 Å². The zero-order valence-electron chi connectivity index (χ0n) is 14.2. The van der Waals surface area contributed by atoms with Crippen LogP contribution in [0.5, 0.6) is 0 Å². The fourth-order valence-corrected chi connectivity index (χ4v) is 3.89. The maximum Gasteiger partial charge on any atom is 0.252 e. The molecule has 0 heterocycles. The minimum Gasteiger partial charge on any atom is -0.365 e. The molecule has 2 amide bonds. The number of nitrogens with one attached hydrogen (secondary N) is 1. The minimum atomic E-state index is -0.618. The molecule has 2 fully saturated rings. The van der Waals surface area contributed by atoms with Crippen molar-refractivity contribution in [1.82, 2.24) is 10.2 Å². The van der Waals surface area contributed by atoms with Crippen molar-refractivity contribution < 1.29 is 14.3 Å². The van der Waals surface area contributed by atoms with Gasteiger partial charge in [-0.15, -0.1) is 0 Å². The summed E-state index contributed by atoms with van der Waals surface area (Å²) in [4.78, 5) is 26.5. The Balaban J connectivity index is 1.94. The summed E-state index contributed by atoms with van der Waals surface area (Å²) in [6, 6.07) is 0.105. The van der Waals surface area contributed by atoms with Gasteiger partial charge in [0.05, 0.1) is 0 Å². The molecule has 0 radical (unpaired) electrons. The lowest BCUT2D eigenvalue weighted by Crippen LogP contribution is -2.52. The van der Waals surface area contributed by atoms with Crippen LogP contribution >= 0.6 is 0 Å². The Morgan fingerprint density at radius 1 is 1.18 bits per heavy atom. The number of rotatable bonds is 5. The first-order valence-corrected chi connectivity index (χ1v) is 8.64. The molecule has 2 aliphatic rings. The van der Waals surface area contributed by atoms with E-state index in [0.717, 1.165) is 51.4 Å². The highest BCUT2D eigenvalue weighted by Gasteiger charge is 2.43. The zero-order valence-corrected chi connectivity index (χ0v) is 14.2. The molecule has 0 aromatic carbocycles. The van der Waals surface area contributed by atoms with Gasteiger partial charge in [-0.1, -0.05) is 6.42 Å². The molecule has 2 unspecified atom stereocenters. The average Bonchev–Trinajstić information content (AvgIpc) is 2.97. The van der Waals surface area contributed by atoms with E-state index < -0.39 is 5.60 Å². The summed E-state index contributed by atoms with van der Waals surface area (Å²) >= 11 is 0. The van der Waals surface area contributed by atoms with Crippen LogP contribution in [0.25, 0.3) is 0 Å². The smallest absolute Gasteiger partial charge is 0.252 e. The summed E-state index contributed by atoms with van der Waals surface area (Å²) < 4.78 is 5.82. The monoisotopic (exact) mass is 310 g/mol. The van der Waals surface area contributed by atoms with E-state index in [4.69, 9.17) is 4.74 Å². The summed E-state index contributed by atoms with van der Waals surface area (Å²) in [7, 11) is 3.60. The van der Waals surface area contributed by atoms with Crippen LogP contribution in [0, 0.1) is 5.92 Å². The first-order chi connectivity index (χ1) is 10.5. The van der Waals surface area contributed by atoms with Crippen molar-refractivity contribution in [3.05, 3.63) is 0 Å². The summed E-state index contributed by atoms with van der Waals surface area (Å²) in [5.74, 6) is 0.259. The number of hydrogen-bond donors (Lipinski definition) is 1. The van der Waals surface area contributed by atoms with Crippen molar-refractivity contribution in [2.24, 2.45) is 5.92 Å². The second-order valence-corrected chi connectivity index (χ2v) is 6.90. The van der Waals surface area contributed by atoms with E-state index in [2.05, 4.69) is 5.32 Å². The Bertz CT molecular complexity index is 403. The standard InChI is InChI=1S/C17H30N2O3/c1-4-22-17(10-5-6-11-17)16(21)18-14-9-7-8-13(12-14)15(20)19(2)3/h13-14H,4-12H2,1-3H3,(H,18,21). The van der Waals surface area contributed by atoms with E-state index in [1.165, 1.54) is 0 Å². The van der Waals surface area contributed by atoms with E-state index >= 15 is 0 Å². The molecule has 22 heavy (non-hydrogen) atoms. The molecule has 1 N–H and O–H groups in total. The number of nitrogens with zero attached hydrogens (tertiary/aromatic N) is 1. The first-order valence-electron chi connectivity index (χ1n) is 8.64. The molecular weight excluding hydrogens is 280 g/mol. The van der Waals surface area contributed by atoms with Crippen LogP contribution in [0.3, 0.4) is 0 Å². The summed E-state index contributed by atoms with van der Waals surface area (Å²) in [6.07, 6.45) is 7.39. The third-order valence-electron chi connectivity index (χ3n) is 5.05. The molecule has 0 spiro atoms. The van der Waals surface area contributed by atoms with Crippen LogP contribution in [0.2, 0.25) is 0 Å². The lowest BCUT2D eigenvalue weighted by molar-refractivity contribution is -0.147. The van der Waals surface area contributed by atoms with E-state index in [9.17, 15) is 9.59 Å². The highest BCUT2D eigenvalue weighted by atomic mass is 16.5. The molecule has 2 atom stereocenters. The van der Waals surface area contributed by atoms with Crippen molar-refractivity contribution in [1.29, 1.82) is 0 Å². The van der Waals surface area contributed by atoms with Crippen molar-refractivity contribution in [2.45, 2.75) is 69.9 Å². The van der Waals surface area contributed by atoms with Gasteiger partial charge in [0.15, 0.2) is 0 Å². The minimum absolute atomic E-state index is 0.0369. The van der Waals surface area contributed by atoms with Crippen LogP contribution < -0.4 is 5.32 Å². The van der Waals surface area contributed by atoms with Gasteiger partial charge in [0.25, 0.3) is 5.91 Å². The van der Waals surface area contributed by atoms with Crippen LogP contribution in [0.4, 0.5) is 0 Å². The van der Waals surface area contributed by atoms with Gasteiger partial charge in [0.1, 0.15) is 5.60 Å². The van der Waals surface area contributed by atoms with Gasteiger partial charge in [-0.25, -0.2) is 0 Å². The Morgan fingerprint density at radius 3 is 2.45 bits per heavy atom. The van der Waals surface area contributed by atoms with E-state index in [0.29, 0.717) is 6.61 Å². The van der Waals surface area contributed by atoms with Gasteiger partial charge < -0.3 is 15.0 Å². The molecule has 2 saturated carbocycles. The predicted octanol–water partition coefficient (Wildman–Crippen LogP) is 2.10. The van der Waals surface area contributed by atoms with Crippen LogP contribution in [-0.4, -0.2) is 49.1 Å². The van der Waals surface area contributed by atoms with Crippen LogP contribution in [0.1, 0.15) is 58.3 Å². The highest BCUT2D eigenvalue weighted by molar-refractivity contribution is 5.86. The predicted molar refractivity (Wildman–Crippen MR) is 85.4 cm³/mol. The van der Waals surface area contributed by atoms with Gasteiger partial charge >= 0.3 is 0 Å². The van der Waals surface area contributed by atoms with Crippen molar-refractivity contribution in [3.8, 4) is 0 Å². The molecule has 0 aromatic rings. The summed E-state index contributed by atoms with van der Waals surface area (Å²) in [6.45, 7) is 2.51. The number of amides is 2. The SMILES string of the molecule is CCOC1(C(=O)NC2CCCC(C(=O)N(C)C)C2)CCCC1. The molecule has 0 saturated heterocycles. The van der Waals surface area contributed by atoms with Crippen molar-refractivity contribution in [2.75, 3.05) is 20.7 Å². The second-order valence-electron chi connectivity index (χ2n) is 6.90. The van der Waals surface area contributed by atoms with Crippen LogP contribution in [-0.2, 0) is 14.3 Å². The van der Waals surface area contributed by atoms with E-state index in [1.54, 1.807) is 19.0 Å². The topological polar surface area (TPSA) is 58.6 Å². The second kappa shape index (κ2) is 7.44. The molecule has 126 valence electrons. The zero-order chi connectivity index (χ0) is 16.2. The largest absolute Gasteiger partial charge is 0.365 e. The van der Waals surface area contributed by atoms with Gasteiger partial charge in [0, 0.05) is 32.7 Å². The molecule has 0 bridgehead atoms.